The Morgan fingerprint density at radius 3 is 2.34 bits per heavy atom. The van der Waals surface area contributed by atoms with E-state index in [2.05, 4.69) is 5.32 Å². The first-order valence-electron chi connectivity index (χ1n) is 9.84. The number of furan rings is 1. The second-order valence-corrected chi connectivity index (χ2v) is 7.63. The zero-order chi connectivity index (χ0) is 20.3. The number of halogens is 1. The Labute approximate surface area is 178 Å². The molecule has 6 nitrogen and oxygen atoms in total. The van der Waals surface area contributed by atoms with Crippen molar-refractivity contribution in [3.63, 3.8) is 0 Å². The molecular weight excluding hydrogens is 390 g/mol. The first kappa shape index (κ1) is 23.0. The molecule has 2 heterocycles. The lowest BCUT2D eigenvalue weighted by Crippen LogP contribution is -2.48. The number of piperidine rings is 1. The van der Waals surface area contributed by atoms with E-state index in [0.717, 1.165) is 24.2 Å². The van der Waals surface area contributed by atoms with Gasteiger partial charge in [-0.15, -0.1) is 12.4 Å². The van der Waals surface area contributed by atoms with Crippen molar-refractivity contribution in [3.8, 4) is 0 Å². The molecule has 2 atom stereocenters. The fourth-order valence-corrected chi connectivity index (χ4v) is 3.77. The molecule has 0 radical (unpaired) electrons. The molecule has 2 unspecified atom stereocenters. The highest BCUT2D eigenvalue weighted by atomic mass is 35.5. The summed E-state index contributed by atoms with van der Waals surface area (Å²) in [5.74, 6) is 1.03. The van der Waals surface area contributed by atoms with Crippen LogP contribution < -0.4 is 11.1 Å². The normalized spacial score (nSPS) is 16.6. The van der Waals surface area contributed by atoms with Crippen LogP contribution in [0.1, 0.15) is 53.2 Å². The third-order valence-corrected chi connectivity index (χ3v) is 5.54. The molecule has 1 fully saturated rings. The number of rotatable bonds is 5. The first-order chi connectivity index (χ1) is 13.4. The van der Waals surface area contributed by atoms with E-state index in [-0.39, 0.29) is 42.2 Å². The maximum Gasteiger partial charge on any atom is 0.255 e. The molecule has 29 heavy (non-hydrogen) atoms. The Morgan fingerprint density at radius 1 is 1.17 bits per heavy atom. The Bertz CT molecular complexity index is 829. The second kappa shape index (κ2) is 9.94. The SMILES string of the molecule is Cc1cc(C(=O)NC2CCN(C(=O)C(C)C(N)c3ccccc3)CC2)c(C)o1.Cl. The predicted octanol–water partition coefficient (Wildman–Crippen LogP) is 3.38. The van der Waals surface area contributed by atoms with Crippen molar-refractivity contribution in [1.29, 1.82) is 0 Å². The highest BCUT2D eigenvalue weighted by Crippen LogP contribution is 2.23. The average Bonchev–Trinajstić information content (AvgIpc) is 3.05. The Hall–Kier alpha value is -2.31. The van der Waals surface area contributed by atoms with E-state index in [1.165, 1.54) is 0 Å². The summed E-state index contributed by atoms with van der Waals surface area (Å²) in [6, 6.07) is 11.2. The van der Waals surface area contributed by atoms with E-state index in [9.17, 15) is 9.59 Å². The maximum atomic E-state index is 12.9. The average molecular weight is 420 g/mol. The van der Waals surface area contributed by atoms with Crippen LogP contribution in [-0.2, 0) is 4.79 Å². The van der Waals surface area contributed by atoms with E-state index < -0.39 is 0 Å². The van der Waals surface area contributed by atoms with Gasteiger partial charge in [-0.2, -0.15) is 0 Å². The van der Waals surface area contributed by atoms with Crippen LogP contribution in [0.15, 0.2) is 40.8 Å². The topological polar surface area (TPSA) is 88.6 Å². The molecular formula is C22H30ClN3O3. The number of carbonyl (C=O) groups is 2. The smallest absolute Gasteiger partial charge is 0.255 e. The third-order valence-electron chi connectivity index (χ3n) is 5.54. The molecule has 1 saturated heterocycles. The minimum atomic E-state index is -0.321. The third kappa shape index (κ3) is 5.40. The number of amides is 2. The lowest BCUT2D eigenvalue weighted by Gasteiger charge is -2.35. The van der Waals surface area contributed by atoms with Crippen molar-refractivity contribution < 1.29 is 14.0 Å². The molecule has 1 aromatic carbocycles. The molecule has 7 heteroatoms. The fraction of sp³-hybridized carbons (Fsp3) is 0.455. The van der Waals surface area contributed by atoms with Crippen LogP contribution in [0.2, 0.25) is 0 Å². The minimum absolute atomic E-state index is 0. The summed E-state index contributed by atoms with van der Waals surface area (Å²) < 4.78 is 5.43. The molecule has 0 bridgehead atoms. The number of carbonyl (C=O) groups excluding carboxylic acids is 2. The molecule has 0 saturated carbocycles. The number of aryl methyl sites for hydroxylation is 2. The van der Waals surface area contributed by atoms with Gasteiger partial charge in [0.05, 0.1) is 11.5 Å². The largest absolute Gasteiger partial charge is 0.466 e. The predicted molar refractivity (Wildman–Crippen MR) is 115 cm³/mol. The minimum Gasteiger partial charge on any atom is -0.466 e. The molecule has 2 amide bonds. The van der Waals surface area contributed by atoms with Crippen molar-refractivity contribution in [3.05, 3.63) is 59.0 Å². The number of nitrogens with zero attached hydrogens (tertiary/aromatic N) is 1. The first-order valence-corrected chi connectivity index (χ1v) is 9.84. The van der Waals surface area contributed by atoms with Gasteiger partial charge < -0.3 is 20.4 Å². The number of nitrogens with one attached hydrogen (secondary N) is 1. The lowest BCUT2D eigenvalue weighted by atomic mass is 9.93. The Balaban J connectivity index is 0.00000300. The molecule has 158 valence electrons. The van der Waals surface area contributed by atoms with Crippen LogP contribution in [-0.4, -0.2) is 35.8 Å². The second-order valence-electron chi connectivity index (χ2n) is 7.63. The molecule has 1 aliphatic rings. The monoisotopic (exact) mass is 419 g/mol. The molecule has 1 aliphatic heterocycles. The highest BCUT2D eigenvalue weighted by molar-refractivity contribution is 5.95. The van der Waals surface area contributed by atoms with Crippen LogP contribution in [0, 0.1) is 19.8 Å². The van der Waals surface area contributed by atoms with Crippen LogP contribution in [0.3, 0.4) is 0 Å². The summed E-state index contributed by atoms with van der Waals surface area (Å²) in [6.07, 6.45) is 1.47. The van der Waals surface area contributed by atoms with Gasteiger partial charge in [0.1, 0.15) is 11.5 Å². The molecule has 3 rings (SSSR count). The van der Waals surface area contributed by atoms with Crippen molar-refractivity contribution in [2.24, 2.45) is 11.7 Å². The molecule has 2 aromatic rings. The van der Waals surface area contributed by atoms with Gasteiger partial charge in [-0.1, -0.05) is 37.3 Å². The Kier molecular flexibility index (Phi) is 7.88. The summed E-state index contributed by atoms with van der Waals surface area (Å²) in [6.45, 7) is 6.76. The zero-order valence-electron chi connectivity index (χ0n) is 17.2. The van der Waals surface area contributed by atoms with Crippen molar-refractivity contribution in [2.45, 2.75) is 45.7 Å². The van der Waals surface area contributed by atoms with Gasteiger partial charge in [0, 0.05) is 25.2 Å². The van der Waals surface area contributed by atoms with Gasteiger partial charge in [0.25, 0.3) is 5.91 Å². The number of hydrogen-bond acceptors (Lipinski definition) is 4. The molecule has 1 aromatic heterocycles. The van der Waals surface area contributed by atoms with E-state index in [0.29, 0.717) is 24.4 Å². The van der Waals surface area contributed by atoms with Crippen LogP contribution in [0.4, 0.5) is 0 Å². The quantitative estimate of drug-likeness (QED) is 0.777. The summed E-state index contributed by atoms with van der Waals surface area (Å²) in [7, 11) is 0. The number of hydrogen-bond donors (Lipinski definition) is 2. The van der Waals surface area contributed by atoms with Crippen LogP contribution in [0.25, 0.3) is 0 Å². The highest BCUT2D eigenvalue weighted by Gasteiger charge is 2.30. The number of benzene rings is 1. The van der Waals surface area contributed by atoms with Gasteiger partial charge in [0.2, 0.25) is 5.91 Å². The summed E-state index contributed by atoms with van der Waals surface area (Å²) in [4.78, 5) is 27.2. The number of nitrogens with two attached hydrogens (primary N) is 1. The summed E-state index contributed by atoms with van der Waals surface area (Å²) in [5, 5.41) is 3.07. The van der Waals surface area contributed by atoms with E-state index >= 15 is 0 Å². The standard InChI is InChI=1S/C22H29N3O3.ClH/c1-14-13-19(16(3)28-14)21(26)24-18-9-11-25(12-10-18)22(27)15(2)20(23)17-7-5-4-6-8-17;/h4-8,13,15,18,20H,9-12,23H2,1-3H3,(H,24,26);1H. The van der Waals surface area contributed by atoms with Crippen molar-refractivity contribution in [1.82, 2.24) is 10.2 Å². The van der Waals surface area contributed by atoms with Gasteiger partial charge >= 0.3 is 0 Å². The number of likely N-dealkylation sites (tertiary alicyclic amines) is 1. The molecule has 0 spiro atoms. The van der Waals surface area contributed by atoms with Crippen molar-refractivity contribution in [2.75, 3.05) is 13.1 Å². The lowest BCUT2D eigenvalue weighted by molar-refractivity contribution is -0.136. The van der Waals surface area contributed by atoms with Gasteiger partial charge in [-0.3, -0.25) is 9.59 Å². The van der Waals surface area contributed by atoms with Crippen LogP contribution in [0.5, 0.6) is 0 Å². The summed E-state index contributed by atoms with van der Waals surface area (Å²) >= 11 is 0. The molecule has 3 N–H and O–H groups in total. The van der Waals surface area contributed by atoms with Crippen molar-refractivity contribution >= 4 is 24.2 Å². The van der Waals surface area contributed by atoms with Gasteiger partial charge in [0.15, 0.2) is 0 Å². The van der Waals surface area contributed by atoms with E-state index in [1.54, 1.807) is 13.0 Å². The zero-order valence-corrected chi connectivity index (χ0v) is 18.0. The van der Waals surface area contributed by atoms with Gasteiger partial charge in [-0.05, 0) is 38.3 Å². The fourth-order valence-electron chi connectivity index (χ4n) is 3.77. The van der Waals surface area contributed by atoms with E-state index in [4.69, 9.17) is 10.2 Å². The van der Waals surface area contributed by atoms with Gasteiger partial charge in [-0.25, -0.2) is 0 Å². The van der Waals surface area contributed by atoms with E-state index in [1.807, 2.05) is 49.1 Å². The summed E-state index contributed by atoms with van der Waals surface area (Å²) in [5.41, 5.74) is 7.86. The van der Waals surface area contributed by atoms with Crippen LogP contribution >= 0.6 is 12.4 Å². The Morgan fingerprint density at radius 2 is 1.79 bits per heavy atom. The molecule has 0 aliphatic carbocycles. The maximum absolute atomic E-state index is 12.9.